The van der Waals surface area contributed by atoms with Crippen molar-refractivity contribution in [3.05, 3.63) is 53.9 Å². The average molecular weight is 215 g/mol. The molecule has 2 N–H and O–H groups in total. The van der Waals surface area contributed by atoms with Gasteiger partial charge in [0.15, 0.2) is 0 Å². The normalized spacial score (nSPS) is 10.1. The highest BCUT2D eigenvalue weighted by molar-refractivity contribution is 5.29. The van der Waals surface area contributed by atoms with Crippen LogP contribution in [0.5, 0.6) is 0 Å². The molecule has 4 nitrogen and oxygen atoms in total. The van der Waals surface area contributed by atoms with Crippen molar-refractivity contribution in [2.75, 3.05) is 5.32 Å². The summed E-state index contributed by atoms with van der Waals surface area (Å²) in [5.74, 6) is 0.608. The molecule has 4 heteroatoms. The Morgan fingerprint density at radius 1 is 1.06 bits per heavy atom. The molecule has 0 saturated heterocycles. The van der Waals surface area contributed by atoms with Crippen LogP contribution >= 0.6 is 0 Å². The first-order valence-electron chi connectivity index (χ1n) is 5.08. The minimum absolute atomic E-state index is 0.0652. The van der Waals surface area contributed by atoms with Gasteiger partial charge in [-0.2, -0.15) is 0 Å². The highest BCUT2D eigenvalue weighted by atomic mass is 16.3. The second-order valence-corrected chi connectivity index (χ2v) is 3.40. The lowest BCUT2D eigenvalue weighted by Gasteiger charge is -2.05. The Hall–Kier alpha value is -1.94. The van der Waals surface area contributed by atoms with Crippen LogP contribution in [0.15, 0.2) is 42.7 Å². The smallest absolute Gasteiger partial charge is 0.222 e. The fourth-order valence-corrected chi connectivity index (χ4v) is 1.41. The molecule has 0 aliphatic carbocycles. The maximum Gasteiger partial charge on any atom is 0.222 e. The maximum atomic E-state index is 9.00. The van der Waals surface area contributed by atoms with Crippen molar-refractivity contribution in [1.29, 1.82) is 0 Å². The number of aliphatic hydroxyl groups excluding tert-OH is 1. The molecule has 1 aromatic carbocycles. The van der Waals surface area contributed by atoms with E-state index in [9.17, 15) is 0 Å². The summed E-state index contributed by atoms with van der Waals surface area (Å²) in [6.45, 7) is 0.716. The summed E-state index contributed by atoms with van der Waals surface area (Å²) in [6, 6.07) is 9.54. The van der Waals surface area contributed by atoms with Crippen LogP contribution in [0.1, 0.15) is 11.1 Å². The number of hydrogen-bond acceptors (Lipinski definition) is 4. The summed E-state index contributed by atoms with van der Waals surface area (Å²) in [7, 11) is 0. The molecule has 16 heavy (non-hydrogen) atoms. The van der Waals surface area contributed by atoms with Crippen molar-refractivity contribution in [3.63, 3.8) is 0 Å². The Labute approximate surface area is 94.0 Å². The topological polar surface area (TPSA) is 58.0 Å². The zero-order chi connectivity index (χ0) is 11.2. The third-order valence-electron chi connectivity index (χ3n) is 2.19. The minimum Gasteiger partial charge on any atom is -0.392 e. The first-order valence-corrected chi connectivity index (χ1v) is 5.08. The number of anilines is 1. The molecule has 0 aliphatic heterocycles. The average Bonchev–Trinajstić information content (AvgIpc) is 2.38. The molecule has 82 valence electrons. The third-order valence-corrected chi connectivity index (χ3v) is 2.19. The van der Waals surface area contributed by atoms with E-state index in [-0.39, 0.29) is 6.61 Å². The van der Waals surface area contributed by atoms with E-state index in [1.807, 2.05) is 24.3 Å². The summed E-state index contributed by atoms with van der Waals surface area (Å²) in [4.78, 5) is 8.13. The Morgan fingerprint density at radius 2 is 1.81 bits per heavy atom. The van der Waals surface area contributed by atoms with Crippen LogP contribution in [-0.2, 0) is 13.2 Å². The van der Waals surface area contributed by atoms with Gasteiger partial charge in [0.1, 0.15) is 0 Å². The monoisotopic (exact) mass is 215 g/mol. The largest absolute Gasteiger partial charge is 0.392 e. The molecule has 2 rings (SSSR count). The van der Waals surface area contributed by atoms with E-state index in [1.54, 1.807) is 18.5 Å². The number of aromatic nitrogens is 2. The van der Waals surface area contributed by atoms with Gasteiger partial charge in [-0.25, -0.2) is 9.97 Å². The summed E-state index contributed by atoms with van der Waals surface area (Å²) < 4.78 is 0. The van der Waals surface area contributed by atoms with Gasteiger partial charge in [0.25, 0.3) is 0 Å². The molecule has 1 heterocycles. The van der Waals surface area contributed by atoms with Crippen molar-refractivity contribution >= 4 is 5.95 Å². The fourth-order valence-electron chi connectivity index (χ4n) is 1.41. The second kappa shape index (κ2) is 5.23. The Balaban J connectivity index is 1.99. The van der Waals surface area contributed by atoms with Crippen molar-refractivity contribution in [2.24, 2.45) is 0 Å². The van der Waals surface area contributed by atoms with E-state index < -0.39 is 0 Å². The van der Waals surface area contributed by atoms with Gasteiger partial charge in [0.2, 0.25) is 5.95 Å². The molecule has 0 amide bonds. The summed E-state index contributed by atoms with van der Waals surface area (Å²) in [5.41, 5.74) is 2.01. The molecule has 0 saturated carbocycles. The van der Waals surface area contributed by atoms with Gasteiger partial charge in [-0.3, -0.25) is 0 Å². The van der Waals surface area contributed by atoms with Gasteiger partial charge in [0.05, 0.1) is 6.61 Å². The summed E-state index contributed by atoms with van der Waals surface area (Å²) in [6.07, 6.45) is 3.39. The van der Waals surface area contributed by atoms with Crippen LogP contribution in [0.3, 0.4) is 0 Å². The van der Waals surface area contributed by atoms with Crippen LogP contribution in [0.25, 0.3) is 0 Å². The van der Waals surface area contributed by atoms with Crippen molar-refractivity contribution < 1.29 is 5.11 Å². The molecule has 0 bridgehead atoms. The Bertz CT molecular complexity index is 445. The van der Waals surface area contributed by atoms with E-state index in [2.05, 4.69) is 15.3 Å². The highest BCUT2D eigenvalue weighted by Crippen LogP contribution is 2.06. The van der Waals surface area contributed by atoms with Crippen molar-refractivity contribution in [2.45, 2.75) is 13.2 Å². The SMILES string of the molecule is OCc1cccc(CNc2ncccn2)c1. The molecule has 1 aromatic heterocycles. The standard InChI is InChI=1S/C12H13N3O/c16-9-11-4-1-3-10(7-11)8-15-12-13-5-2-6-14-12/h1-7,16H,8-9H2,(H,13,14,15). The number of nitrogens with one attached hydrogen (secondary N) is 1. The second-order valence-electron chi connectivity index (χ2n) is 3.40. The van der Waals surface area contributed by atoms with Gasteiger partial charge in [-0.1, -0.05) is 24.3 Å². The van der Waals surface area contributed by atoms with Gasteiger partial charge in [-0.05, 0) is 17.2 Å². The van der Waals surface area contributed by atoms with Crippen LogP contribution in [0.4, 0.5) is 5.95 Å². The fraction of sp³-hybridized carbons (Fsp3) is 0.167. The first kappa shape index (κ1) is 10.6. The molecule has 0 spiro atoms. The lowest BCUT2D eigenvalue weighted by atomic mass is 10.1. The van der Waals surface area contributed by atoms with Gasteiger partial charge >= 0.3 is 0 Å². The van der Waals surface area contributed by atoms with E-state index in [0.29, 0.717) is 12.5 Å². The van der Waals surface area contributed by atoms with Gasteiger partial charge in [-0.15, -0.1) is 0 Å². The molecule has 0 aliphatic rings. The molecule has 0 radical (unpaired) electrons. The van der Waals surface area contributed by atoms with E-state index in [4.69, 9.17) is 5.11 Å². The zero-order valence-electron chi connectivity index (χ0n) is 8.80. The lowest BCUT2D eigenvalue weighted by molar-refractivity contribution is 0.281. The van der Waals surface area contributed by atoms with Gasteiger partial charge < -0.3 is 10.4 Å². The van der Waals surface area contributed by atoms with E-state index >= 15 is 0 Å². The molecule has 0 atom stereocenters. The van der Waals surface area contributed by atoms with E-state index in [0.717, 1.165) is 11.1 Å². The molecular formula is C12H13N3O. The molecular weight excluding hydrogens is 202 g/mol. The number of nitrogens with zero attached hydrogens (tertiary/aromatic N) is 2. The first-order chi connectivity index (χ1) is 7.88. The van der Waals surface area contributed by atoms with E-state index in [1.165, 1.54) is 0 Å². The van der Waals surface area contributed by atoms with Crippen LogP contribution in [-0.4, -0.2) is 15.1 Å². The van der Waals surface area contributed by atoms with Crippen molar-refractivity contribution in [3.8, 4) is 0 Å². The summed E-state index contributed by atoms with van der Waals surface area (Å²) >= 11 is 0. The minimum atomic E-state index is 0.0652. The number of hydrogen-bond donors (Lipinski definition) is 2. The van der Waals surface area contributed by atoms with Crippen LogP contribution < -0.4 is 5.32 Å². The summed E-state index contributed by atoms with van der Waals surface area (Å²) in [5, 5.41) is 12.1. The molecule has 2 aromatic rings. The number of aliphatic hydroxyl groups is 1. The zero-order valence-corrected chi connectivity index (χ0v) is 8.80. The van der Waals surface area contributed by atoms with Crippen LogP contribution in [0, 0.1) is 0 Å². The van der Waals surface area contributed by atoms with Crippen molar-refractivity contribution in [1.82, 2.24) is 9.97 Å². The van der Waals surface area contributed by atoms with Crippen LogP contribution in [0.2, 0.25) is 0 Å². The predicted molar refractivity (Wildman–Crippen MR) is 61.7 cm³/mol. The number of benzene rings is 1. The third kappa shape index (κ3) is 2.77. The lowest BCUT2D eigenvalue weighted by Crippen LogP contribution is -2.03. The Kier molecular flexibility index (Phi) is 3.46. The predicted octanol–water partition coefficient (Wildman–Crippen LogP) is 1.58. The maximum absolute atomic E-state index is 9.00. The quantitative estimate of drug-likeness (QED) is 0.813. The van der Waals surface area contributed by atoms with Gasteiger partial charge in [0, 0.05) is 18.9 Å². The number of rotatable bonds is 4. The molecule has 0 unspecified atom stereocenters. The molecule has 0 fully saturated rings. The Morgan fingerprint density at radius 3 is 2.56 bits per heavy atom. The highest BCUT2D eigenvalue weighted by Gasteiger charge is 1.96.